The molecule has 2 N–H and O–H groups in total. The molecule has 9 heteroatoms. The maximum Gasteiger partial charge on any atom is 0.241 e. The predicted octanol–water partition coefficient (Wildman–Crippen LogP) is 1.73. The first-order chi connectivity index (χ1) is 11.8. The lowest BCUT2D eigenvalue weighted by Crippen LogP contribution is -2.44. The number of carbonyl (C=O) groups is 1. The van der Waals surface area contributed by atoms with Crippen molar-refractivity contribution in [3.63, 3.8) is 0 Å². The van der Waals surface area contributed by atoms with Crippen LogP contribution >= 0.6 is 11.6 Å². The van der Waals surface area contributed by atoms with Gasteiger partial charge in [0, 0.05) is 18.9 Å². The van der Waals surface area contributed by atoms with Gasteiger partial charge in [-0.3, -0.25) is 9.78 Å². The van der Waals surface area contributed by atoms with E-state index in [0.717, 1.165) is 5.56 Å². The number of ether oxygens (including phenoxy) is 1. The molecule has 0 aliphatic carbocycles. The van der Waals surface area contributed by atoms with Crippen molar-refractivity contribution in [2.75, 3.05) is 7.11 Å². The Bertz CT molecular complexity index is 844. The van der Waals surface area contributed by atoms with Crippen molar-refractivity contribution in [3.05, 3.63) is 53.3 Å². The normalized spacial score (nSPS) is 12.4. The zero-order valence-corrected chi connectivity index (χ0v) is 15.3. The molecule has 7 nitrogen and oxygen atoms in total. The van der Waals surface area contributed by atoms with Gasteiger partial charge in [-0.1, -0.05) is 17.7 Å². The smallest absolute Gasteiger partial charge is 0.241 e. The van der Waals surface area contributed by atoms with Gasteiger partial charge in [-0.05, 0) is 36.8 Å². The highest BCUT2D eigenvalue weighted by Crippen LogP contribution is 2.26. The van der Waals surface area contributed by atoms with Crippen molar-refractivity contribution in [2.24, 2.45) is 0 Å². The van der Waals surface area contributed by atoms with Crippen molar-refractivity contribution >= 4 is 27.5 Å². The molecule has 0 saturated heterocycles. The number of carbonyl (C=O) groups excluding carboxylic acids is 1. The number of nitrogens with one attached hydrogen (secondary N) is 2. The number of nitrogens with zero attached hydrogens (tertiary/aromatic N) is 1. The molecular weight excluding hydrogens is 366 g/mol. The number of amides is 1. The van der Waals surface area contributed by atoms with Crippen LogP contribution in [0.15, 0.2) is 47.6 Å². The van der Waals surface area contributed by atoms with Crippen LogP contribution in [0.4, 0.5) is 0 Å². The third-order valence-corrected chi connectivity index (χ3v) is 5.18. The molecule has 1 aromatic heterocycles. The summed E-state index contributed by atoms with van der Waals surface area (Å²) >= 11 is 5.95. The van der Waals surface area contributed by atoms with Gasteiger partial charge in [0.25, 0.3) is 0 Å². The van der Waals surface area contributed by atoms with Crippen molar-refractivity contribution in [1.29, 1.82) is 0 Å². The monoisotopic (exact) mass is 383 g/mol. The third kappa shape index (κ3) is 5.15. The lowest BCUT2D eigenvalue weighted by atomic mass is 10.2. The van der Waals surface area contributed by atoms with Crippen LogP contribution in [0, 0.1) is 0 Å². The molecule has 0 unspecified atom stereocenters. The Balaban J connectivity index is 2.01. The number of hydrogen-bond acceptors (Lipinski definition) is 5. The summed E-state index contributed by atoms with van der Waals surface area (Å²) < 4.78 is 32.1. The summed E-state index contributed by atoms with van der Waals surface area (Å²) in [5, 5.41) is 2.82. The fraction of sp³-hybridized carbons (Fsp3) is 0.250. The van der Waals surface area contributed by atoms with E-state index in [1.807, 2.05) is 6.07 Å². The summed E-state index contributed by atoms with van der Waals surface area (Å²) in [7, 11) is -2.47. The van der Waals surface area contributed by atoms with E-state index in [9.17, 15) is 13.2 Å². The molecule has 0 aliphatic rings. The lowest BCUT2D eigenvalue weighted by Gasteiger charge is -2.15. The van der Waals surface area contributed by atoms with Crippen LogP contribution in [-0.4, -0.2) is 32.5 Å². The second-order valence-electron chi connectivity index (χ2n) is 5.22. The SMILES string of the molecule is COc1ccc(S(=O)(=O)N[C@H](C)C(=O)NCc2cccnc2)cc1Cl. The van der Waals surface area contributed by atoms with Crippen LogP contribution < -0.4 is 14.8 Å². The molecule has 1 heterocycles. The van der Waals surface area contributed by atoms with Gasteiger partial charge in [-0.25, -0.2) is 8.42 Å². The van der Waals surface area contributed by atoms with Gasteiger partial charge < -0.3 is 10.1 Å². The van der Waals surface area contributed by atoms with Gasteiger partial charge in [-0.2, -0.15) is 4.72 Å². The van der Waals surface area contributed by atoms with Gasteiger partial charge in [0.15, 0.2) is 0 Å². The molecule has 1 amide bonds. The van der Waals surface area contributed by atoms with Crippen LogP contribution in [0.25, 0.3) is 0 Å². The minimum atomic E-state index is -3.90. The van der Waals surface area contributed by atoms with Crippen molar-refractivity contribution in [1.82, 2.24) is 15.0 Å². The number of pyridine rings is 1. The predicted molar refractivity (Wildman–Crippen MR) is 93.9 cm³/mol. The average Bonchev–Trinajstić information content (AvgIpc) is 2.60. The van der Waals surface area contributed by atoms with E-state index in [4.69, 9.17) is 16.3 Å². The quantitative estimate of drug-likeness (QED) is 0.758. The third-order valence-electron chi connectivity index (χ3n) is 3.35. The van der Waals surface area contributed by atoms with Crippen LogP contribution in [0.5, 0.6) is 5.75 Å². The highest BCUT2D eigenvalue weighted by Gasteiger charge is 2.22. The van der Waals surface area contributed by atoms with E-state index in [1.165, 1.54) is 32.2 Å². The maximum atomic E-state index is 12.4. The van der Waals surface area contributed by atoms with Crippen molar-refractivity contribution < 1.29 is 17.9 Å². The molecule has 0 saturated carbocycles. The van der Waals surface area contributed by atoms with Crippen LogP contribution in [-0.2, 0) is 21.4 Å². The zero-order valence-electron chi connectivity index (χ0n) is 13.7. The van der Waals surface area contributed by atoms with Gasteiger partial charge in [0.1, 0.15) is 5.75 Å². The van der Waals surface area contributed by atoms with Crippen LogP contribution in [0.1, 0.15) is 12.5 Å². The summed E-state index contributed by atoms with van der Waals surface area (Å²) in [6, 6.07) is 6.67. The highest BCUT2D eigenvalue weighted by atomic mass is 35.5. The van der Waals surface area contributed by atoms with Gasteiger partial charge in [0.05, 0.1) is 23.1 Å². The first-order valence-electron chi connectivity index (χ1n) is 7.36. The number of aromatic nitrogens is 1. The largest absolute Gasteiger partial charge is 0.495 e. The Morgan fingerprint density at radius 2 is 2.12 bits per heavy atom. The van der Waals surface area contributed by atoms with Gasteiger partial charge in [0.2, 0.25) is 15.9 Å². The fourth-order valence-electron chi connectivity index (χ4n) is 2.01. The molecule has 0 bridgehead atoms. The topological polar surface area (TPSA) is 97.4 Å². The molecule has 2 rings (SSSR count). The van der Waals surface area contributed by atoms with Crippen molar-refractivity contribution in [2.45, 2.75) is 24.4 Å². The molecule has 0 spiro atoms. The zero-order chi connectivity index (χ0) is 18.4. The first-order valence-corrected chi connectivity index (χ1v) is 9.22. The molecule has 0 aliphatic heterocycles. The highest BCUT2D eigenvalue weighted by molar-refractivity contribution is 7.89. The molecule has 1 atom stereocenters. The maximum absolute atomic E-state index is 12.4. The molecule has 0 fully saturated rings. The number of benzene rings is 1. The molecule has 134 valence electrons. The molecule has 25 heavy (non-hydrogen) atoms. The minimum absolute atomic E-state index is 0.0507. The van der Waals surface area contributed by atoms with E-state index in [2.05, 4.69) is 15.0 Å². The number of methoxy groups -OCH3 is 1. The second-order valence-corrected chi connectivity index (χ2v) is 7.34. The number of halogens is 1. The molecule has 2 aromatic rings. The van der Waals surface area contributed by atoms with Crippen LogP contribution in [0.3, 0.4) is 0 Å². The summed E-state index contributed by atoms with van der Waals surface area (Å²) in [5.74, 6) is -0.0880. The fourth-order valence-corrected chi connectivity index (χ4v) is 3.56. The van der Waals surface area contributed by atoms with E-state index in [0.29, 0.717) is 5.75 Å². The van der Waals surface area contributed by atoms with E-state index >= 15 is 0 Å². The minimum Gasteiger partial charge on any atom is -0.495 e. The lowest BCUT2D eigenvalue weighted by molar-refractivity contribution is -0.122. The second kappa shape index (κ2) is 8.28. The summed E-state index contributed by atoms with van der Waals surface area (Å²) in [6.45, 7) is 1.72. The van der Waals surface area contributed by atoms with E-state index in [-0.39, 0.29) is 16.5 Å². The Kier molecular flexibility index (Phi) is 6.35. The standard InChI is InChI=1S/C16H18ClN3O4S/c1-11(16(21)19-10-12-4-3-7-18-9-12)20-25(22,23)13-5-6-15(24-2)14(17)8-13/h3-9,11,20H,10H2,1-2H3,(H,19,21)/t11-/m1/s1. The average molecular weight is 384 g/mol. The number of hydrogen-bond donors (Lipinski definition) is 2. The molecule has 0 radical (unpaired) electrons. The Labute approximate surface area is 151 Å². The molecule has 1 aromatic carbocycles. The number of rotatable bonds is 7. The Morgan fingerprint density at radius 3 is 2.72 bits per heavy atom. The van der Waals surface area contributed by atoms with Gasteiger partial charge >= 0.3 is 0 Å². The van der Waals surface area contributed by atoms with E-state index < -0.39 is 22.0 Å². The Hall–Kier alpha value is -2.16. The van der Waals surface area contributed by atoms with E-state index in [1.54, 1.807) is 18.5 Å². The number of sulfonamides is 1. The summed E-state index contributed by atoms with van der Waals surface area (Å²) in [5.41, 5.74) is 0.813. The van der Waals surface area contributed by atoms with Crippen molar-refractivity contribution in [3.8, 4) is 5.75 Å². The first kappa shape index (κ1) is 19.2. The summed E-state index contributed by atoms with van der Waals surface area (Å²) in [6.07, 6.45) is 3.25. The summed E-state index contributed by atoms with van der Waals surface area (Å²) in [4.78, 5) is 16.0. The Morgan fingerprint density at radius 1 is 1.36 bits per heavy atom. The van der Waals surface area contributed by atoms with Gasteiger partial charge in [-0.15, -0.1) is 0 Å². The molecular formula is C16H18ClN3O4S. The van der Waals surface area contributed by atoms with Crippen LogP contribution in [0.2, 0.25) is 5.02 Å².